The van der Waals surface area contributed by atoms with Gasteiger partial charge in [0.2, 0.25) is 5.95 Å². The van der Waals surface area contributed by atoms with Crippen molar-refractivity contribution < 1.29 is 19.4 Å². The highest BCUT2D eigenvalue weighted by atomic mass is 16.5. The number of nitrogens with zero attached hydrogens (tertiary/aromatic N) is 2. The minimum absolute atomic E-state index is 0.198. The Morgan fingerprint density at radius 3 is 2.67 bits per heavy atom. The molecule has 0 aliphatic carbocycles. The Balaban J connectivity index is 2.82. The van der Waals surface area contributed by atoms with E-state index in [0.717, 1.165) is 12.8 Å². The molecule has 21 heavy (non-hydrogen) atoms. The van der Waals surface area contributed by atoms with E-state index < -0.39 is 18.0 Å². The zero-order valence-electron chi connectivity index (χ0n) is 12.5. The van der Waals surface area contributed by atoms with Crippen LogP contribution in [0.4, 0.5) is 5.95 Å². The number of carboxylic acids is 1. The van der Waals surface area contributed by atoms with Crippen molar-refractivity contribution in [3.05, 3.63) is 17.5 Å². The van der Waals surface area contributed by atoms with E-state index in [2.05, 4.69) is 15.3 Å². The minimum Gasteiger partial charge on any atom is -0.480 e. The van der Waals surface area contributed by atoms with Gasteiger partial charge in [-0.15, -0.1) is 0 Å². The van der Waals surface area contributed by atoms with Crippen LogP contribution in [0.1, 0.15) is 49.2 Å². The number of ether oxygens (including phenoxy) is 1. The van der Waals surface area contributed by atoms with Gasteiger partial charge in [0, 0.05) is 6.20 Å². The van der Waals surface area contributed by atoms with Crippen LogP contribution in [-0.4, -0.2) is 39.7 Å². The van der Waals surface area contributed by atoms with Crippen LogP contribution in [0.2, 0.25) is 0 Å². The average molecular weight is 295 g/mol. The largest absolute Gasteiger partial charge is 0.480 e. The topological polar surface area (TPSA) is 101 Å². The van der Waals surface area contributed by atoms with Crippen LogP contribution in [0.25, 0.3) is 0 Å². The predicted molar refractivity (Wildman–Crippen MR) is 77.3 cm³/mol. The Labute approximate surface area is 123 Å². The van der Waals surface area contributed by atoms with E-state index in [1.807, 2.05) is 6.92 Å². The molecule has 1 unspecified atom stereocenters. The summed E-state index contributed by atoms with van der Waals surface area (Å²) in [5, 5.41) is 11.9. The first-order chi connectivity index (χ1) is 9.99. The molecule has 1 atom stereocenters. The van der Waals surface area contributed by atoms with Crippen LogP contribution in [0.3, 0.4) is 0 Å². The maximum atomic E-state index is 11.6. The van der Waals surface area contributed by atoms with E-state index in [-0.39, 0.29) is 18.1 Å². The summed E-state index contributed by atoms with van der Waals surface area (Å²) < 4.78 is 4.89. The molecule has 0 saturated carbocycles. The van der Waals surface area contributed by atoms with Gasteiger partial charge in [0.05, 0.1) is 17.9 Å². The first kappa shape index (κ1) is 16.9. The molecule has 7 nitrogen and oxygen atoms in total. The quantitative estimate of drug-likeness (QED) is 0.707. The van der Waals surface area contributed by atoms with Gasteiger partial charge in [-0.3, -0.25) is 0 Å². The number of carbonyl (C=O) groups is 2. The normalized spacial score (nSPS) is 11.8. The van der Waals surface area contributed by atoms with Gasteiger partial charge in [0.25, 0.3) is 0 Å². The van der Waals surface area contributed by atoms with Crippen LogP contribution in [0.5, 0.6) is 0 Å². The Morgan fingerprint density at radius 2 is 2.14 bits per heavy atom. The highest BCUT2D eigenvalue weighted by Crippen LogP contribution is 2.11. The van der Waals surface area contributed by atoms with Crippen LogP contribution in [0, 0.1) is 6.92 Å². The highest BCUT2D eigenvalue weighted by molar-refractivity contribution is 5.90. The van der Waals surface area contributed by atoms with Crippen LogP contribution >= 0.6 is 0 Å². The smallest absolute Gasteiger partial charge is 0.341 e. The number of carbonyl (C=O) groups excluding carboxylic acids is 1. The maximum Gasteiger partial charge on any atom is 0.341 e. The second-order valence-corrected chi connectivity index (χ2v) is 4.59. The number of unbranched alkanes of at least 4 members (excludes halogenated alkanes) is 1. The lowest BCUT2D eigenvalue weighted by atomic mass is 10.1. The number of carboxylic acid groups (broad SMARTS) is 1. The van der Waals surface area contributed by atoms with E-state index in [0.29, 0.717) is 12.1 Å². The van der Waals surface area contributed by atoms with Crippen molar-refractivity contribution in [1.82, 2.24) is 9.97 Å². The number of aryl methyl sites for hydroxylation is 1. The SMILES string of the molecule is CCCCC(Nc1ncc(C(=O)OCC)c(C)n1)C(=O)O. The molecule has 7 heteroatoms. The molecule has 0 saturated heterocycles. The third kappa shape index (κ3) is 5.02. The van der Waals surface area contributed by atoms with Gasteiger partial charge < -0.3 is 15.2 Å². The van der Waals surface area contributed by atoms with Crippen LogP contribution < -0.4 is 5.32 Å². The fourth-order valence-corrected chi connectivity index (χ4v) is 1.77. The van der Waals surface area contributed by atoms with Crippen molar-refractivity contribution in [2.75, 3.05) is 11.9 Å². The molecule has 1 rings (SSSR count). The molecule has 1 aromatic rings. The number of aromatic nitrogens is 2. The lowest BCUT2D eigenvalue weighted by molar-refractivity contribution is -0.138. The molecule has 0 bridgehead atoms. The second kappa shape index (κ2) is 8.18. The van der Waals surface area contributed by atoms with Crippen LogP contribution in [0.15, 0.2) is 6.20 Å². The Hall–Kier alpha value is -2.18. The molecular formula is C14H21N3O4. The van der Waals surface area contributed by atoms with Crippen molar-refractivity contribution in [3.8, 4) is 0 Å². The van der Waals surface area contributed by atoms with Gasteiger partial charge in [-0.1, -0.05) is 19.8 Å². The molecule has 2 N–H and O–H groups in total. The van der Waals surface area contributed by atoms with Crippen molar-refractivity contribution in [3.63, 3.8) is 0 Å². The Bertz CT molecular complexity index is 505. The first-order valence-corrected chi connectivity index (χ1v) is 6.99. The second-order valence-electron chi connectivity index (χ2n) is 4.59. The van der Waals surface area contributed by atoms with Gasteiger partial charge in [0.15, 0.2) is 0 Å². The summed E-state index contributed by atoms with van der Waals surface area (Å²) in [6, 6.07) is -0.738. The molecule has 0 fully saturated rings. The lowest BCUT2D eigenvalue weighted by Crippen LogP contribution is -2.30. The summed E-state index contributed by atoms with van der Waals surface area (Å²) in [4.78, 5) is 30.9. The van der Waals surface area contributed by atoms with Gasteiger partial charge in [-0.2, -0.15) is 0 Å². The molecule has 0 amide bonds. The Kier molecular flexibility index (Phi) is 6.58. The zero-order valence-corrected chi connectivity index (χ0v) is 12.5. The third-order valence-electron chi connectivity index (χ3n) is 2.92. The van der Waals surface area contributed by atoms with Gasteiger partial charge in [-0.25, -0.2) is 19.6 Å². The summed E-state index contributed by atoms with van der Waals surface area (Å²) in [5.41, 5.74) is 0.730. The molecule has 0 aliphatic heterocycles. The fourth-order valence-electron chi connectivity index (χ4n) is 1.77. The summed E-state index contributed by atoms with van der Waals surface area (Å²) >= 11 is 0. The molecule has 0 spiro atoms. The highest BCUT2D eigenvalue weighted by Gasteiger charge is 2.19. The minimum atomic E-state index is -0.945. The van der Waals surface area contributed by atoms with Gasteiger partial charge in [0.1, 0.15) is 6.04 Å². The fraction of sp³-hybridized carbons (Fsp3) is 0.571. The van der Waals surface area contributed by atoms with Crippen molar-refractivity contribution >= 4 is 17.9 Å². The molecule has 0 radical (unpaired) electrons. The summed E-state index contributed by atoms with van der Waals surface area (Å²) in [5.74, 6) is -1.23. The predicted octanol–water partition coefficient (Wildman–Crippen LogP) is 2.02. The van der Waals surface area contributed by atoms with Crippen molar-refractivity contribution in [2.45, 2.75) is 46.1 Å². The number of aliphatic carboxylic acids is 1. The van der Waals surface area contributed by atoms with Gasteiger partial charge in [-0.05, 0) is 20.3 Å². The first-order valence-electron chi connectivity index (χ1n) is 6.99. The van der Waals surface area contributed by atoms with E-state index in [9.17, 15) is 9.59 Å². The maximum absolute atomic E-state index is 11.6. The van der Waals surface area contributed by atoms with E-state index in [1.165, 1.54) is 6.20 Å². The monoisotopic (exact) mass is 295 g/mol. The number of anilines is 1. The molecule has 0 aromatic carbocycles. The van der Waals surface area contributed by atoms with Crippen LogP contribution in [-0.2, 0) is 9.53 Å². The summed E-state index contributed by atoms with van der Waals surface area (Å²) in [6.07, 6.45) is 3.55. The van der Waals surface area contributed by atoms with Gasteiger partial charge >= 0.3 is 11.9 Å². The summed E-state index contributed by atoms with van der Waals surface area (Å²) in [7, 11) is 0. The number of hydrogen-bond acceptors (Lipinski definition) is 6. The summed E-state index contributed by atoms with van der Waals surface area (Å²) in [6.45, 7) is 5.64. The number of esters is 1. The number of nitrogens with one attached hydrogen (secondary N) is 1. The number of rotatable bonds is 8. The lowest BCUT2D eigenvalue weighted by Gasteiger charge is -2.14. The molecule has 0 aliphatic rings. The number of hydrogen-bond donors (Lipinski definition) is 2. The zero-order chi connectivity index (χ0) is 15.8. The van der Waals surface area contributed by atoms with E-state index in [4.69, 9.17) is 9.84 Å². The molecular weight excluding hydrogens is 274 g/mol. The van der Waals surface area contributed by atoms with E-state index >= 15 is 0 Å². The standard InChI is InChI=1S/C14H21N3O4/c1-4-6-7-11(12(18)19)17-14-15-8-10(9(3)16-14)13(20)21-5-2/h8,11H,4-7H2,1-3H3,(H,18,19)(H,15,16,17). The Morgan fingerprint density at radius 1 is 1.43 bits per heavy atom. The molecule has 1 aromatic heterocycles. The molecule has 116 valence electrons. The van der Waals surface area contributed by atoms with Crippen molar-refractivity contribution in [1.29, 1.82) is 0 Å². The van der Waals surface area contributed by atoms with Crippen molar-refractivity contribution in [2.24, 2.45) is 0 Å². The van der Waals surface area contributed by atoms with E-state index in [1.54, 1.807) is 13.8 Å². The molecule has 1 heterocycles. The third-order valence-corrected chi connectivity index (χ3v) is 2.92. The average Bonchev–Trinajstić information content (AvgIpc) is 2.43.